The fourth-order valence-corrected chi connectivity index (χ4v) is 4.10. The van der Waals surface area contributed by atoms with Crippen LogP contribution in [0.1, 0.15) is 25.6 Å². The SMILES string of the molecule is Cc1ncc(-c2ccc3cnc(NC(=O)C4CCN(CC(C)F)CC4)cc3c2)n1C. The number of carbonyl (C=O) groups excluding carboxylic acids is 1. The topological polar surface area (TPSA) is 63.1 Å². The van der Waals surface area contributed by atoms with Crippen molar-refractivity contribution in [1.29, 1.82) is 0 Å². The molecule has 4 rings (SSSR count). The molecule has 1 atom stereocenters. The third-order valence-electron chi connectivity index (χ3n) is 5.96. The Balaban J connectivity index is 1.47. The van der Waals surface area contributed by atoms with Gasteiger partial charge < -0.3 is 14.8 Å². The Morgan fingerprint density at radius 3 is 2.63 bits per heavy atom. The predicted octanol–water partition coefficient (Wildman–Crippen LogP) is 3.95. The lowest BCUT2D eigenvalue weighted by atomic mass is 9.95. The highest BCUT2D eigenvalue weighted by Gasteiger charge is 2.25. The zero-order chi connectivity index (χ0) is 21.3. The van der Waals surface area contributed by atoms with E-state index in [2.05, 4.69) is 36.9 Å². The summed E-state index contributed by atoms with van der Waals surface area (Å²) in [5.74, 6) is 1.45. The number of carbonyl (C=O) groups is 1. The molecular weight excluding hydrogens is 381 g/mol. The lowest BCUT2D eigenvalue weighted by Gasteiger charge is -2.31. The fourth-order valence-electron chi connectivity index (χ4n) is 4.10. The van der Waals surface area contributed by atoms with Crippen molar-refractivity contribution in [1.82, 2.24) is 19.4 Å². The highest BCUT2D eigenvalue weighted by molar-refractivity contribution is 5.95. The highest BCUT2D eigenvalue weighted by atomic mass is 19.1. The molecular formula is C23H28FN5O. The van der Waals surface area contributed by atoms with Gasteiger partial charge in [0.15, 0.2) is 0 Å². The first-order valence-corrected chi connectivity index (χ1v) is 10.5. The van der Waals surface area contributed by atoms with E-state index in [1.54, 1.807) is 13.1 Å². The Hall–Kier alpha value is -2.80. The van der Waals surface area contributed by atoms with E-state index in [1.807, 2.05) is 32.3 Å². The van der Waals surface area contributed by atoms with E-state index in [-0.39, 0.29) is 11.8 Å². The molecule has 30 heavy (non-hydrogen) atoms. The summed E-state index contributed by atoms with van der Waals surface area (Å²) in [6, 6.07) is 8.11. The summed E-state index contributed by atoms with van der Waals surface area (Å²) < 4.78 is 15.2. The van der Waals surface area contributed by atoms with E-state index < -0.39 is 6.17 Å². The zero-order valence-electron chi connectivity index (χ0n) is 17.7. The summed E-state index contributed by atoms with van der Waals surface area (Å²) in [7, 11) is 2.00. The average molecular weight is 410 g/mol. The van der Waals surface area contributed by atoms with Crippen molar-refractivity contribution in [2.45, 2.75) is 32.9 Å². The lowest BCUT2D eigenvalue weighted by Crippen LogP contribution is -2.40. The fraction of sp³-hybridized carbons (Fsp3) is 0.435. The Bertz CT molecular complexity index is 1050. The van der Waals surface area contributed by atoms with Gasteiger partial charge in [0, 0.05) is 36.7 Å². The van der Waals surface area contributed by atoms with Crippen LogP contribution < -0.4 is 5.32 Å². The number of pyridine rings is 1. The van der Waals surface area contributed by atoms with Gasteiger partial charge >= 0.3 is 0 Å². The minimum Gasteiger partial charge on any atom is -0.331 e. The number of piperidine rings is 1. The van der Waals surface area contributed by atoms with E-state index >= 15 is 0 Å². The number of rotatable bonds is 5. The smallest absolute Gasteiger partial charge is 0.228 e. The van der Waals surface area contributed by atoms with Gasteiger partial charge in [-0.25, -0.2) is 14.4 Å². The van der Waals surface area contributed by atoms with Crippen LogP contribution in [0, 0.1) is 12.8 Å². The molecule has 3 aromatic rings. The second-order valence-corrected chi connectivity index (χ2v) is 8.23. The third kappa shape index (κ3) is 4.36. The molecule has 1 saturated heterocycles. The van der Waals surface area contributed by atoms with Gasteiger partial charge in [0.05, 0.1) is 11.9 Å². The van der Waals surface area contributed by atoms with E-state index in [0.29, 0.717) is 12.4 Å². The maximum absolute atomic E-state index is 13.2. The van der Waals surface area contributed by atoms with Crippen molar-refractivity contribution in [3.05, 3.63) is 42.5 Å². The quantitative estimate of drug-likeness (QED) is 0.693. The standard InChI is InChI=1S/C23H28FN5O/c1-15(24)14-29-8-6-17(7-9-29)23(30)27-22-11-20-10-18(4-5-19(20)12-26-22)21-13-25-16(2)28(21)3/h4-5,10-13,15,17H,6-9,14H2,1-3H3,(H,26,27,30). The first kappa shape index (κ1) is 20.5. The molecule has 0 aliphatic carbocycles. The molecule has 1 unspecified atom stereocenters. The minimum atomic E-state index is -0.836. The summed E-state index contributed by atoms with van der Waals surface area (Å²) in [6.07, 6.45) is 4.31. The number of nitrogens with zero attached hydrogens (tertiary/aromatic N) is 4. The van der Waals surface area contributed by atoms with Crippen LogP contribution in [0.5, 0.6) is 0 Å². The molecule has 1 N–H and O–H groups in total. The van der Waals surface area contributed by atoms with Crippen molar-refractivity contribution >= 4 is 22.5 Å². The van der Waals surface area contributed by atoms with E-state index in [0.717, 1.165) is 53.8 Å². The molecule has 1 aromatic carbocycles. The minimum absolute atomic E-state index is 0.00629. The maximum Gasteiger partial charge on any atom is 0.228 e. The second-order valence-electron chi connectivity index (χ2n) is 8.23. The van der Waals surface area contributed by atoms with E-state index in [4.69, 9.17) is 0 Å². The number of nitrogens with one attached hydrogen (secondary N) is 1. The number of aromatic nitrogens is 3. The van der Waals surface area contributed by atoms with Crippen LogP contribution in [-0.2, 0) is 11.8 Å². The number of hydrogen-bond acceptors (Lipinski definition) is 4. The molecule has 2 aromatic heterocycles. The molecule has 7 heteroatoms. The molecule has 0 radical (unpaired) electrons. The molecule has 0 saturated carbocycles. The molecule has 0 spiro atoms. The van der Waals surface area contributed by atoms with Gasteiger partial charge in [0.2, 0.25) is 5.91 Å². The molecule has 6 nitrogen and oxygen atoms in total. The number of hydrogen-bond donors (Lipinski definition) is 1. The van der Waals surface area contributed by atoms with Crippen LogP contribution in [0.15, 0.2) is 36.7 Å². The van der Waals surface area contributed by atoms with Crippen molar-refractivity contribution in [3.8, 4) is 11.3 Å². The molecule has 1 amide bonds. The maximum atomic E-state index is 13.2. The van der Waals surface area contributed by atoms with E-state index in [9.17, 15) is 9.18 Å². The summed E-state index contributed by atoms with van der Waals surface area (Å²) in [5, 5.41) is 5.01. The van der Waals surface area contributed by atoms with Crippen molar-refractivity contribution in [3.63, 3.8) is 0 Å². The van der Waals surface area contributed by atoms with Gasteiger partial charge in [-0.05, 0) is 57.3 Å². The summed E-state index contributed by atoms with van der Waals surface area (Å²) in [6.45, 7) is 5.50. The monoisotopic (exact) mass is 409 g/mol. The van der Waals surface area contributed by atoms with Crippen LogP contribution in [0.25, 0.3) is 22.0 Å². The molecule has 0 bridgehead atoms. The van der Waals surface area contributed by atoms with Gasteiger partial charge in [0.25, 0.3) is 0 Å². The van der Waals surface area contributed by atoms with E-state index in [1.165, 1.54) is 0 Å². The molecule has 3 heterocycles. The number of benzene rings is 1. The van der Waals surface area contributed by atoms with Crippen LogP contribution in [-0.4, -0.2) is 51.1 Å². The first-order chi connectivity index (χ1) is 14.4. The van der Waals surface area contributed by atoms with Crippen molar-refractivity contribution in [2.75, 3.05) is 25.0 Å². The summed E-state index contributed by atoms with van der Waals surface area (Å²) in [4.78, 5) is 23.6. The number of aryl methyl sites for hydroxylation is 1. The Kier molecular flexibility index (Phi) is 5.81. The number of fused-ring (bicyclic) bond motifs is 1. The van der Waals surface area contributed by atoms with Gasteiger partial charge in [-0.15, -0.1) is 0 Å². The number of imidazole rings is 1. The molecule has 1 fully saturated rings. The van der Waals surface area contributed by atoms with Crippen LogP contribution in [0.3, 0.4) is 0 Å². The normalized spacial score (nSPS) is 16.7. The van der Waals surface area contributed by atoms with Crippen LogP contribution in [0.2, 0.25) is 0 Å². The van der Waals surface area contributed by atoms with Crippen molar-refractivity contribution in [2.24, 2.45) is 13.0 Å². The largest absolute Gasteiger partial charge is 0.331 e. The zero-order valence-corrected chi connectivity index (χ0v) is 17.7. The predicted molar refractivity (Wildman–Crippen MR) is 117 cm³/mol. The molecule has 1 aliphatic heterocycles. The number of alkyl halides is 1. The number of anilines is 1. The van der Waals surface area contributed by atoms with Gasteiger partial charge in [0.1, 0.15) is 17.8 Å². The number of halogens is 1. The Labute approximate surface area is 176 Å². The molecule has 1 aliphatic rings. The number of likely N-dealkylation sites (tertiary alicyclic amines) is 1. The van der Waals surface area contributed by atoms with Crippen LogP contribution >= 0.6 is 0 Å². The van der Waals surface area contributed by atoms with Gasteiger partial charge in [-0.2, -0.15) is 0 Å². The van der Waals surface area contributed by atoms with Crippen molar-refractivity contribution < 1.29 is 9.18 Å². The first-order valence-electron chi connectivity index (χ1n) is 10.5. The van der Waals surface area contributed by atoms with Gasteiger partial charge in [-0.1, -0.05) is 12.1 Å². The van der Waals surface area contributed by atoms with Gasteiger partial charge in [-0.3, -0.25) is 4.79 Å². The molecule has 158 valence electrons. The number of amides is 1. The second kappa shape index (κ2) is 8.52. The Morgan fingerprint density at radius 1 is 1.20 bits per heavy atom. The summed E-state index contributed by atoms with van der Waals surface area (Å²) >= 11 is 0. The third-order valence-corrected chi connectivity index (χ3v) is 5.96. The lowest BCUT2D eigenvalue weighted by molar-refractivity contribution is -0.121. The summed E-state index contributed by atoms with van der Waals surface area (Å²) in [5.41, 5.74) is 2.12. The Morgan fingerprint density at radius 2 is 1.97 bits per heavy atom. The van der Waals surface area contributed by atoms with Crippen LogP contribution in [0.4, 0.5) is 10.2 Å². The average Bonchev–Trinajstić information content (AvgIpc) is 3.06. The highest BCUT2D eigenvalue weighted by Crippen LogP contribution is 2.26.